The fraction of sp³-hybridized carbons (Fsp3) is 0.214. The van der Waals surface area contributed by atoms with E-state index in [1.807, 2.05) is 0 Å². The molecule has 1 amide bonds. The van der Waals surface area contributed by atoms with Crippen molar-refractivity contribution in [1.82, 2.24) is 4.31 Å². The number of halogens is 1. The quantitative estimate of drug-likeness (QED) is 0.873. The van der Waals surface area contributed by atoms with Gasteiger partial charge in [-0.2, -0.15) is 4.31 Å². The van der Waals surface area contributed by atoms with Crippen LogP contribution in [0.25, 0.3) is 0 Å². The number of nitrogens with zero attached hydrogens (tertiary/aromatic N) is 1. The van der Waals surface area contributed by atoms with Crippen molar-refractivity contribution in [2.45, 2.75) is 6.54 Å². The predicted octanol–water partition coefficient (Wildman–Crippen LogP) is 2.33. The second-order valence-corrected chi connectivity index (χ2v) is 7.03. The Hall–Kier alpha value is -1.83. The summed E-state index contributed by atoms with van der Waals surface area (Å²) in [5.41, 5.74) is 0.431. The second-order valence-electron chi connectivity index (χ2n) is 4.64. The Morgan fingerprint density at radius 2 is 2.00 bits per heavy atom. The summed E-state index contributed by atoms with van der Waals surface area (Å²) >= 11 is 5.95. The third-order valence-corrected chi connectivity index (χ3v) is 4.38. The van der Waals surface area contributed by atoms with Crippen LogP contribution in [0.3, 0.4) is 0 Å². The van der Waals surface area contributed by atoms with Gasteiger partial charge in [-0.25, -0.2) is 8.42 Å². The molecule has 118 valence electrons. The van der Waals surface area contributed by atoms with Crippen LogP contribution in [0, 0.1) is 0 Å². The number of carbonyl (C=O) groups excluding carboxylic acids is 1. The van der Waals surface area contributed by atoms with E-state index >= 15 is 0 Å². The first-order valence-electron chi connectivity index (χ1n) is 6.38. The minimum absolute atomic E-state index is 0.0121. The second kappa shape index (κ2) is 6.95. The summed E-state index contributed by atoms with van der Waals surface area (Å²) in [6.07, 6.45) is 2.48. The lowest BCUT2D eigenvalue weighted by molar-refractivity contribution is -0.116. The molecule has 6 nitrogen and oxygen atoms in total. The van der Waals surface area contributed by atoms with Crippen LogP contribution in [0.5, 0.6) is 0 Å². The molecule has 0 saturated carbocycles. The molecule has 0 spiro atoms. The van der Waals surface area contributed by atoms with Gasteiger partial charge in [0.2, 0.25) is 15.9 Å². The number of para-hydroxylation sites is 1. The number of nitrogens with one attached hydrogen (secondary N) is 1. The maximum atomic E-state index is 12.0. The van der Waals surface area contributed by atoms with E-state index in [1.54, 1.807) is 36.4 Å². The average molecular weight is 343 g/mol. The van der Waals surface area contributed by atoms with E-state index in [4.69, 9.17) is 16.0 Å². The van der Waals surface area contributed by atoms with E-state index in [-0.39, 0.29) is 13.1 Å². The van der Waals surface area contributed by atoms with E-state index < -0.39 is 15.9 Å². The van der Waals surface area contributed by atoms with Gasteiger partial charge < -0.3 is 9.73 Å². The Morgan fingerprint density at radius 1 is 1.27 bits per heavy atom. The molecule has 8 heteroatoms. The average Bonchev–Trinajstić information content (AvgIpc) is 2.92. The summed E-state index contributed by atoms with van der Waals surface area (Å²) in [5.74, 6) is -0.0268. The van der Waals surface area contributed by atoms with Crippen molar-refractivity contribution in [3.05, 3.63) is 53.4 Å². The molecule has 1 heterocycles. The van der Waals surface area contributed by atoms with Crippen LogP contribution in [0.15, 0.2) is 47.1 Å². The van der Waals surface area contributed by atoms with Gasteiger partial charge in [0, 0.05) is 0 Å². The van der Waals surface area contributed by atoms with Crippen LogP contribution in [0.4, 0.5) is 5.69 Å². The van der Waals surface area contributed by atoms with Crippen LogP contribution in [-0.4, -0.2) is 31.4 Å². The number of benzene rings is 1. The Labute approximate surface area is 133 Å². The van der Waals surface area contributed by atoms with Gasteiger partial charge in [-0.05, 0) is 24.3 Å². The molecule has 0 aliphatic heterocycles. The largest absolute Gasteiger partial charge is 0.468 e. The van der Waals surface area contributed by atoms with E-state index in [0.717, 1.165) is 10.6 Å². The fourth-order valence-corrected chi connectivity index (χ4v) is 2.68. The number of amides is 1. The lowest BCUT2D eigenvalue weighted by Crippen LogP contribution is -2.36. The van der Waals surface area contributed by atoms with Crippen LogP contribution in [-0.2, 0) is 21.4 Å². The molecule has 22 heavy (non-hydrogen) atoms. The molecule has 0 radical (unpaired) electrons. The number of carbonyl (C=O) groups is 1. The number of sulfonamides is 1. The summed E-state index contributed by atoms with van der Waals surface area (Å²) < 4.78 is 29.7. The third-order valence-electron chi connectivity index (χ3n) is 2.85. The number of rotatable bonds is 6. The van der Waals surface area contributed by atoms with Crippen molar-refractivity contribution in [3.8, 4) is 0 Å². The molecule has 2 aromatic rings. The maximum absolute atomic E-state index is 12.0. The molecule has 0 aliphatic carbocycles. The molecular weight excluding hydrogens is 328 g/mol. The molecule has 1 aromatic carbocycles. The standard InChI is InChI=1S/C14H15ClN2O4S/c1-22(19,20)17(9-11-5-4-8-21-11)10-14(18)16-13-7-3-2-6-12(13)15/h2-8H,9-10H2,1H3,(H,16,18). The molecule has 1 aromatic heterocycles. The number of hydrogen-bond acceptors (Lipinski definition) is 4. The van der Waals surface area contributed by atoms with Crippen molar-refractivity contribution in [3.63, 3.8) is 0 Å². The van der Waals surface area contributed by atoms with Crippen molar-refractivity contribution < 1.29 is 17.6 Å². The van der Waals surface area contributed by atoms with Crippen molar-refractivity contribution >= 4 is 33.2 Å². The first-order chi connectivity index (χ1) is 10.4. The van der Waals surface area contributed by atoms with Crippen LogP contribution in [0.2, 0.25) is 5.02 Å². The smallest absolute Gasteiger partial charge is 0.239 e. The monoisotopic (exact) mass is 342 g/mol. The lowest BCUT2D eigenvalue weighted by atomic mass is 10.3. The minimum atomic E-state index is -3.56. The highest BCUT2D eigenvalue weighted by atomic mass is 35.5. The van der Waals surface area contributed by atoms with E-state index in [0.29, 0.717) is 16.5 Å². The first kappa shape index (κ1) is 16.5. The number of hydrogen-bond donors (Lipinski definition) is 1. The van der Waals surface area contributed by atoms with E-state index in [1.165, 1.54) is 6.26 Å². The zero-order valence-corrected chi connectivity index (χ0v) is 13.4. The maximum Gasteiger partial charge on any atom is 0.239 e. The van der Waals surface area contributed by atoms with Crippen LogP contribution < -0.4 is 5.32 Å². The first-order valence-corrected chi connectivity index (χ1v) is 8.61. The summed E-state index contributed by atoms with van der Waals surface area (Å²) in [7, 11) is -3.56. The molecule has 0 aliphatic rings. The van der Waals surface area contributed by atoms with Gasteiger partial charge in [-0.1, -0.05) is 23.7 Å². The molecule has 0 fully saturated rings. The van der Waals surface area contributed by atoms with Gasteiger partial charge in [0.15, 0.2) is 0 Å². The Balaban J connectivity index is 2.07. The molecule has 0 unspecified atom stereocenters. The lowest BCUT2D eigenvalue weighted by Gasteiger charge is -2.18. The normalized spacial score (nSPS) is 11.6. The Morgan fingerprint density at radius 3 is 2.59 bits per heavy atom. The molecule has 0 bridgehead atoms. The summed E-state index contributed by atoms with van der Waals surface area (Å²) in [6, 6.07) is 10.0. The third kappa shape index (κ3) is 4.59. The van der Waals surface area contributed by atoms with Crippen LogP contribution >= 0.6 is 11.6 Å². The van der Waals surface area contributed by atoms with Crippen molar-refractivity contribution in [2.75, 3.05) is 18.1 Å². The predicted molar refractivity (Wildman–Crippen MR) is 84.0 cm³/mol. The molecule has 0 atom stereocenters. The van der Waals surface area contributed by atoms with E-state index in [9.17, 15) is 13.2 Å². The minimum Gasteiger partial charge on any atom is -0.468 e. The topological polar surface area (TPSA) is 79.6 Å². The SMILES string of the molecule is CS(=O)(=O)N(CC(=O)Nc1ccccc1Cl)Cc1ccco1. The van der Waals surface area contributed by atoms with E-state index in [2.05, 4.69) is 5.32 Å². The van der Waals surface area contributed by atoms with Gasteiger partial charge in [0.1, 0.15) is 5.76 Å². The summed E-state index contributed by atoms with van der Waals surface area (Å²) in [6.45, 7) is -0.341. The Kier molecular flexibility index (Phi) is 5.23. The highest BCUT2D eigenvalue weighted by Crippen LogP contribution is 2.20. The number of furan rings is 1. The van der Waals surface area contributed by atoms with Crippen LogP contribution in [0.1, 0.15) is 5.76 Å². The molecule has 2 rings (SSSR count). The van der Waals surface area contributed by atoms with Gasteiger partial charge >= 0.3 is 0 Å². The van der Waals surface area contributed by atoms with Gasteiger partial charge in [0.05, 0.1) is 36.3 Å². The van der Waals surface area contributed by atoms with Gasteiger partial charge in [0.25, 0.3) is 0 Å². The van der Waals surface area contributed by atoms with Crippen molar-refractivity contribution in [1.29, 1.82) is 0 Å². The van der Waals surface area contributed by atoms with Gasteiger partial charge in [-0.15, -0.1) is 0 Å². The molecule has 1 N–H and O–H groups in total. The summed E-state index contributed by atoms with van der Waals surface area (Å²) in [5, 5.41) is 2.97. The zero-order chi connectivity index (χ0) is 16.2. The highest BCUT2D eigenvalue weighted by Gasteiger charge is 2.21. The zero-order valence-electron chi connectivity index (χ0n) is 11.8. The number of anilines is 1. The summed E-state index contributed by atoms with van der Waals surface area (Å²) in [4.78, 5) is 12.0. The molecular formula is C14H15ClN2O4S. The Bertz CT molecular complexity index is 744. The molecule has 0 saturated heterocycles. The van der Waals surface area contributed by atoms with Gasteiger partial charge in [-0.3, -0.25) is 4.79 Å². The highest BCUT2D eigenvalue weighted by molar-refractivity contribution is 7.88. The van der Waals surface area contributed by atoms with Crippen molar-refractivity contribution in [2.24, 2.45) is 0 Å². The fourth-order valence-electron chi connectivity index (χ4n) is 1.78.